The molecule has 0 aliphatic heterocycles. The minimum Gasteiger partial charge on any atom is -0.290 e. The Morgan fingerprint density at radius 2 is 1.48 bits per heavy atom. The Hall–Kier alpha value is -3.23. The molecular formula is C16H10F4N4O. The van der Waals surface area contributed by atoms with Crippen molar-refractivity contribution >= 4 is 11.9 Å². The van der Waals surface area contributed by atoms with Crippen LogP contribution in [0.1, 0.15) is 10.4 Å². The van der Waals surface area contributed by atoms with Crippen LogP contribution >= 0.6 is 0 Å². The van der Waals surface area contributed by atoms with Crippen LogP contribution in [0.2, 0.25) is 0 Å². The van der Waals surface area contributed by atoms with Gasteiger partial charge in [-0.3, -0.25) is 10.1 Å². The number of benzene rings is 2. The largest absolute Gasteiger partial charge is 0.290 e. The third-order valence-corrected chi connectivity index (χ3v) is 3.36. The summed E-state index contributed by atoms with van der Waals surface area (Å²) in [5.74, 6) is -5.54. The lowest BCUT2D eigenvalue weighted by Crippen LogP contribution is -2.18. The summed E-state index contributed by atoms with van der Waals surface area (Å²) >= 11 is 0. The number of anilines is 1. The fourth-order valence-electron chi connectivity index (χ4n) is 2.19. The van der Waals surface area contributed by atoms with Gasteiger partial charge in [-0.25, -0.2) is 22.2 Å². The second-order valence-electron chi connectivity index (χ2n) is 5.03. The number of nitrogens with one attached hydrogen (secondary N) is 1. The molecule has 0 spiro atoms. The van der Waals surface area contributed by atoms with Gasteiger partial charge in [-0.15, -0.1) is 5.10 Å². The van der Waals surface area contributed by atoms with E-state index < -0.39 is 40.3 Å². The second-order valence-corrected chi connectivity index (χ2v) is 5.03. The number of aryl methyl sites for hydroxylation is 1. The van der Waals surface area contributed by atoms with E-state index >= 15 is 0 Å². The highest BCUT2D eigenvalue weighted by Crippen LogP contribution is 2.24. The fraction of sp³-hybridized carbons (Fsp3) is 0.0625. The Morgan fingerprint density at radius 3 is 2.04 bits per heavy atom. The number of nitrogens with zero attached hydrogens (tertiary/aromatic N) is 3. The van der Waals surface area contributed by atoms with E-state index in [1.165, 1.54) is 13.1 Å². The molecule has 3 rings (SSSR count). The molecule has 1 heterocycles. The molecule has 3 aromatic rings. The first-order valence-corrected chi connectivity index (χ1v) is 6.99. The molecule has 25 heavy (non-hydrogen) atoms. The summed E-state index contributed by atoms with van der Waals surface area (Å²) in [6, 6.07) is 6.21. The molecular weight excluding hydrogens is 340 g/mol. The highest BCUT2D eigenvalue weighted by molar-refractivity contribution is 6.03. The molecule has 128 valence electrons. The van der Waals surface area contributed by atoms with E-state index in [9.17, 15) is 22.4 Å². The van der Waals surface area contributed by atoms with Crippen LogP contribution in [-0.2, 0) is 7.05 Å². The molecule has 0 bridgehead atoms. The van der Waals surface area contributed by atoms with Crippen molar-refractivity contribution in [2.75, 3.05) is 5.32 Å². The molecule has 1 N–H and O–H groups in total. The summed E-state index contributed by atoms with van der Waals surface area (Å²) in [6.07, 6.45) is 0. The van der Waals surface area contributed by atoms with Crippen molar-refractivity contribution in [3.8, 4) is 11.4 Å². The number of amides is 1. The third-order valence-electron chi connectivity index (χ3n) is 3.36. The van der Waals surface area contributed by atoms with Crippen molar-refractivity contribution < 1.29 is 22.4 Å². The average molecular weight is 350 g/mol. The first-order valence-electron chi connectivity index (χ1n) is 6.99. The van der Waals surface area contributed by atoms with Crippen molar-refractivity contribution in [2.24, 2.45) is 7.05 Å². The lowest BCUT2D eigenvalue weighted by Gasteiger charge is -2.05. The van der Waals surface area contributed by atoms with Crippen LogP contribution in [0.25, 0.3) is 11.4 Å². The quantitative estimate of drug-likeness (QED) is 0.738. The van der Waals surface area contributed by atoms with E-state index in [1.807, 2.05) is 0 Å². The molecule has 9 heteroatoms. The van der Waals surface area contributed by atoms with E-state index in [4.69, 9.17) is 0 Å². The maximum absolute atomic E-state index is 13.8. The highest BCUT2D eigenvalue weighted by Gasteiger charge is 2.21. The van der Waals surface area contributed by atoms with E-state index in [2.05, 4.69) is 15.4 Å². The Labute approximate surface area is 138 Å². The van der Waals surface area contributed by atoms with E-state index in [0.717, 1.165) is 35.0 Å². The maximum Gasteiger partial charge on any atom is 0.263 e. The first kappa shape index (κ1) is 16.6. The zero-order chi connectivity index (χ0) is 18.1. The first-order chi connectivity index (χ1) is 11.9. The standard InChI is InChI=1S/C16H10F4N4O/c1-24-16(22-15(25)13-10(19)6-3-7-11(13)20)21-14(23-24)12-8(17)4-2-5-9(12)18/h2-7H,1H3,(H,21,22,23,25). The number of aromatic nitrogens is 3. The minimum atomic E-state index is -1.10. The normalized spacial score (nSPS) is 10.8. The van der Waals surface area contributed by atoms with Crippen LogP contribution in [0.3, 0.4) is 0 Å². The smallest absolute Gasteiger partial charge is 0.263 e. The van der Waals surface area contributed by atoms with Crippen molar-refractivity contribution in [1.82, 2.24) is 14.8 Å². The topological polar surface area (TPSA) is 59.8 Å². The van der Waals surface area contributed by atoms with E-state index in [1.54, 1.807) is 0 Å². The van der Waals surface area contributed by atoms with E-state index in [-0.39, 0.29) is 11.8 Å². The van der Waals surface area contributed by atoms with E-state index in [0.29, 0.717) is 0 Å². The van der Waals surface area contributed by atoms with Gasteiger partial charge >= 0.3 is 0 Å². The molecule has 0 saturated heterocycles. The summed E-state index contributed by atoms with van der Waals surface area (Å²) in [5.41, 5.74) is -1.28. The predicted molar refractivity (Wildman–Crippen MR) is 80.7 cm³/mol. The van der Waals surface area contributed by atoms with Gasteiger partial charge in [0.25, 0.3) is 5.91 Å². The summed E-state index contributed by atoms with van der Waals surface area (Å²) in [6.45, 7) is 0. The number of hydrogen-bond donors (Lipinski definition) is 1. The van der Waals surface area contributed by atoms with Crippen LogP contribution < -0.4 is 5.32 Å². The van der Waals surface area contributed by atoms with Crippen molar-refractivity contribution in [2.45, 2.75) is 0 Å². The lowest BCUT2D eigenvalue weighted by atomic mass is 10.2. The highest BCUT2D eigenvalue weighted by atomic mass is 19.1. The van der Waals surface area contributed by atoms with Gasteiger partial charge in [0, 0.05) is 7.05 Å². The molecule has 0 aliphatic carbocycles. The second kappa shape index (κ2) is 6.34. The summed E-state index contributed by atoms with van der Waals surface area (Å²) in [4.78, 5) is 15.9. The van der Waals surface area contributed by atoms with Gasteiger partial charge in [0.1, 0.15) is 28.8 Å². The van der Waals surface area contributed by atoms with Crippen molar-refractivity contribution in [3.05, 3.63) is 65.2 Å². The van der Waals surface area contributed by atoms with Crippen molar-refractivity contribution in [3.63, 3.8) is 0 Å². The monoisotopic (exact) mass is 350 g/mol. The number of halogens is 4. The van der Waals surface area contributed by atoms with Crippen LogP contribution in [0.5, 0.6) is 0 Å². The molecule has 0 aliphatic rings. The molecule has 0 atom stereocenters. The van der Waals surface area contributed by atoms with Crippen LogP contribution in [0.15, 0.2) is 36.4 Å². The van der Waals surface area contributed by atoms with Gasteiger partial charge in [-0.1, -0.05) is 12.1 Å². The average Bonchev–Trinajstić information content (AvgIpc) is 2.87. The third kappa shape index (κ3) is 3.08. The number of rotatable bonds is 3. The Kier molecular flexibility index (Phi) is 4.22. The molecule has 1 amide bonds. The molecule has 5 nitrogen and oxygen atoms in total. The summed E-state index contributed by atoms with van der Waals surface area (Å²) < 4.78 is 55.9. The van der Waals surface area contributed by atoms with Crippen LogP contribution in [0.4, 0.5) is 23.5 Å². The number of hydrogen-bond acceptors (Lipinski definition) is 3. The van der Waals surface area contributed by atoms with Gasteiger partial charge < -0.3 is 0 Å². The van der Waals surface area contributed by atoms with Gasteiger partial charge in [-0.2, -0.15) is 4.98 Å². The number of carbonyl (C=O) groups excluding carboxylic acids is 1. The Morgan fingerprint density at radius 1 is 0.960 bits per heavy atom. The van der Waals surface area contributed by atoms with Crippen LogP contribution in [-0.4, -0.2) is 20.7 Å². The zero-order valence-corrected chi connectivity index (χ0v) is 12.7. The van der Waals surface area contributed by atoms with Gasteiger partial charge in [0.2, 0.25) is 5.95 Å². The Balaban J connectivity index is 1.95. The lowest BCUT2D eigenvalue weighted by molar-refractivity contribution is 0.101. The fourth-order valence-corrected chi connectivity index (χ4v) is 2.19. The molecule has 0 radical (unpaired) electrons. The maximum atomic E-state index is 13.8. The zero-order valence-electron chi connectivity index (χ0n) is 12.7. The minimum absolute atomic E-state index is 0.231. The van der Waals surface area contributed by atoms with Gasteiger partial charge in [0.15, 0.2) is 5.82 Å². The number of carbonyl (C=O) groups is 1. The van der Waals surface area contributed by atoms with Crippen molar-refractivity contribution in [1.29, 1.82) is 0 Å². The Bertz CT molecular complexity index is 930. The molecule has 0 unspecified atom stereocenters. The van der Waals surface area contributed by atoms with Crippen LogP contribution in [0, 0.1) is 23.3 Å². The predicted octanol–water partition coefficient (Wildman–Crippen LogP) is 3.29. The molecule has 0 saturated carbocycles. The molecule has 1 aromatic heterocycles. The molecule has 0 fully saturated rings. The summed E-state index contributed by atoms with van der Waals surface area (Å²) in [7, 11) is 1.35. The SMILES string of the molecule is Cn1nc(-c2c(F)cccc2F)nc1NC(=O)c1c(F)cccc1F. The molecule has 2 aromatic carbocycles. The van der Waals surface area contributed by atoms with Gasteiger partial charge in [-0.05, 0) is 24.3 Å². The van der Waals surface area contributed by atoms with Gasteiger partial charge in [0.05, 0.1) is 5.56 Å². The summed E-state index contributed by atoms with van der Waals surface area (Å²) in [5, 5.41) is 5.98.